The number of hydrogen-bond acceptors (Lipinski definition) is 6. The Hall–Kier alpha value is -3.07. The van der Waals surface area contributed by atoms with Crippen LogP contribution in [0.5, 0.6) is 11.5 Å². The first-order chi connectivity index (χ1) is 13.5. The molecule has 0 aliphatic carbocycles. The summed E-state index contributed by atoms with van der Waals surface area (Å²) in [6.07, 6.45) is -0.132. The van der Waals surface area contributed by atoms with E-state index in [1.54, 1.807) is 12.1 Å². The number of carbonyl (C=O) groups excluding carboxylic acids is 1. The second-order valence-corrected chi connectivity index (χ2v) is 7.36. The number of aliphatic imine (C=N–C) groups is 1. The third-order valence-electron chi connectivity index (χ3n) is 4.24. The third-order valence-corrected chi connectivity index (χ3v) is 5.42. The molecular formula is C19H15FN2O5S. The van der Waals surface area contributed by atoms with Crippen LogP contribution in [-0.4, -0.2) is 39.1 Å². The zero-order valence-corrected chi connectivity index (χ0v) is 15.3. The van der Waals surface area contributed by atoms with Gasteiger partial charge >= 0.3 is 5.97 Å². The van der Waals surface area contributed by atoms with Crippen molar-refractivity contribution in [2.75, 3.05) is 6.79 Å². The normalized spacial score (nSPS) is 19.9. The quantitative estimate of drug-likeness (QED) is 0.845. The Morgan fingerprint density at radius 2 is 1.96 bits per heavy atom. The molecule has 1 N–H and O–H groups in total. The van der Waals surface area contributed by atoms with Crippen LogP contribution in [0.4, 0.5) is 10.1 Å². The number of aliphatic carboxylic acids is 1. The Kier molecular flexibility index (Phi) is 4.91. The molecule has 2 heterocycles. The molecule has 1 amide bonds. The summed E-state index contributed by atoms with van der Waals surface area (Å²) >= 11 is 1.00. The molecule has 2 aromatic rings. The van der Waals surface area contributed by atoms with E-state index in [1.165, 1.54) is 29.2 Å². The standard InChI is InChI=1S/C19H15FN2O5S/c20-12-2-4-13(5-3-12)21-19-22(17(23)8-16(28-19)18(24)25)9-11-1-6-14-15(7-11)27-10-26-14/h1-7,16H,8-10H2,(H,24,25)/t16-/m1/s1. The molecule has 0 spiro atoms. The molecule has 4 rings (SSSR count). The highest BCUT2D eigenvalue weighted by Gasteiger charge is 2.36. The number of amidine groups is 1. The SMILES string of the molecule is O=C(O)[C@H]1CC(=O)N(Cc2ccc3c(c2)OCO3)C(=Nc2ccc(F)cc2)S1. The van der Waals surface area contributed by atoms with Crippen molar-refractivity contribution in [1.82, 2.24) is 4.90 Å². The Bertz CT molecular complexity index is 963. The number of rotatable bonds is 4. The van der Waals surface area contributed by atoms with Gasteiger partial charge in [0.2, 0.25) is 12.7 Å². The lowest BCUT2D eigenvalue weighted by atomic mass is 10.1. The van der Waals surface area contributed by atoms with Gasteiger partial charge in [-0.2, -0.15) is 0 Å². The summed E-state index contributed by atoms with van der Waals surface area (Å²) in [6, 6.07) is 10.8. The van der Waals surface area contributed by atoms with E-state index in [2.05, 4.69) is 4.99 Å². The molecule has 2 aliphatic rings. The number of amides is 1. The smallest absolute Gasteiger partial charge is 0.317 e. The van der Waals surface area contributed by atoms with Gasteiger partial charge in [-0.25, -0.2) is 9.38 Å². The molecule has 1 atom stereocenters. The lowest BCUT2D eigenvalue weighted by Gasteiger charge is -2.30. The van der Waals surface area contributed by atoms with E-state index in [-0.39, 0.29) is 30.8 Å². The summed E-state index contributed by atoms with van der Waals surface area (Å²) in [5.41, 5.74) is 1.22. The van der Waals surface area contributed by atoms with Crippen molar-refractivity contribution in [2.24, 2.45) is 4.99 Å². The molecule has 0 unspecified atom stereocenters. The number of carbonyl (C=O) groups is 2. The maximum Gasteiger partial charge on any atom is 0.317 e. The number of benzene rings is 2. The molecule has 2 aromatic carbocycles. The fourth-order valence-electron chi connectivity index (χ4n) is 2.84. The molecule has 0 saturated carbocycles. The van der Waals surface area contributed by atoms with Gasteiger partial charge < -0.3 is 14.6 Å². The Labute approximate surface area is 163 Å². The molecule has 28 heavy (non-hydrogen) atoms. The largest absolute Gasteiger partial charge is 0.480 e. The van der Waals surface area contributed by atoms with Crippen LogP contribution in [0.15, 0.2) is 47.5 Å². The Morgan fingerprint density at radius 1 is 1.21 bits per heavy atom. The van der Waals surface area contributed by atoms with Crippen molar-refractivity contribution < 1.29 is 28.6 Å². The molecular weight excluding hydrogens is 387 g/mol. The number of thioether (sulfide) groups is 1. The van der Waals surface area contributed by atoms with Crippen molar-refractivity contribution in [3.63, 3.8) is 0 Å². The van der Waals surface area contributed by atoms with E-state index >= 15 is 0 Å². The highest BCUT2D eigenvalue weighted by atomic mass is 32.2. The summed E-state index contributed by atoms with van der Waals surface area (Å²) in [5.74, 6) is -0.598. The van der Waals surface area contributed by atoms with Crippen LogP contribution in [0.1, 0.15) is 12.0 Å². The molecule has 0 radical (unpaired) electrons. The Morgan fingerprint density at radius 3 is 2.71 bits per heavy atom. The second kappa shape index (κ2) is 7.51. The van der Waals surface area contributed by atoms with Crippen LogP contribution < -0.4 is 9.47 Å². The molecule has 0 bridgehead atoms. The van der Waals surface area contributed by atoms with Gasteiger partial charge in [0, 0.05) is 0 Å². The molecule has 7 nitrogen and oxygen atoms in total. The van der Waals surface area contributed by atoms with E-state index in [0.717, 1.165) is 17.3 Å². The van der Waals surface area contributed by atoms with Gasteiger partial charge in [0.25, 0.3) is 0 Å². The molecule has 144 valence electrons. The molecule has 1 fully saturated rings. The van der Waals surface area contributed by atoms with Crippen LogP contribution in [0, 0.1) is 5.82 Å². The number of fused-ring (bicyclic) bond motifs is 1. The topological polar surface area (TPSA) is 88.4 Å². The molecule has 0 aromatic heterocycles. The van der Waals surface area contributed by atoms with Crippen molar-refractivity contribution >= 4 is 34.5 Å². The minimum atomic E-state index is -1.08. The van der Waals surface area contributed by atoms with Gasteiger partial charge in [-0.3, -0.25) is 14.5 Å². The van der Waals surface area contributed by atoms with Crippen molar-refractivity contribution in [3.05, 3.63) is 53.8 Å². The van der Waals surface area contributed by atoms with E-state index in [0.29, 0.717) is 17.2 Å². The lowest BCUT2D eigenvalue weighted by molar-refractivity contribution is -0.139. The first-order valence-corrected chi connectivity index (χ1v) is 9.30. The fraction of sp³-hybridized carbons (Fsp3) is 0.211. The van der Waals surface area contributed by atoms with Crippen LogP contribution >= 0.6 is 11.8 Å². The average Bonchev–Trinajstić information content (AvgIpc) is 3.13. The minimum absolute atomic E-state index is 0.132. The maximum absolute atomic E-state index is 13.2. The van der Waals surface area contributed by atoms with Crippen LogP contribution in [0.25, 0.3) is 0 Å². The first kappa shape index (κ1) is 18.3. The van der Waals surface area contributed by atoms with E-state index < -0.39 is 17.0 Å². The third kappa shape index (κ3) is 3.79. The van der Waals surface area contributed by atoms with Gasteiger partial charge in [0.05, 0.1) is 18.7 Å². The van der Waals surface area contributed by atoms with Crippen LogP contribution in [-0.2, 0) is 16.1 Å². The predicted octanol–water partition coefficient (Wildman–Crippen LogP) is 3.16. The number of hydrogen-bond donors (Lipinski definition) is 1. The summed E-state index contributed by atoms with van der Waals surface area (Å²) in [7, 11) is 0. The number of halogens is 1. The number of nitrogens with zero attached hydrogens (tertiary/aromatic N) is 2. The highest BCUT2D eigenvalue weighted by molar-refractivity contribution is 8.15. The van der Waals surface area contributed by atoms with E-state index in [1.807, 2.05) is 6.07 Å². The van der Waals surface area contributed by atoms with Gasteiger partial charge in [-0.15, -0.1) is 0 Å². The van der Waals surface area contributed by atoms with Gasteiger partial charge in [-0.1, -0.05) is 17.8 Å². The second-order valence-electron chi connectivity index (χ2n) is 6.19. The number of ether oxygens (including phenoxy) is 2. The van der Waals surface area contributed by atoms with Crippen LogP contribution in [0.3, 0.4) is 0 Å². The lowest BCUT2D eigenvalue weighted by Crippen LogP contribution is -2.43. The zero-order valence-electron chi connectivity index (χ0n) is 14.5. The maximum atomic E-state index is 13.2. The predicted molar refractivity (Wildman–Crippen MR) is 100 cm³/mol. The van der Waals surface area contributed by atoms with E-state index in [4.69, 9.17) is 9.47 Å². The first-order valence-electron chi connectivity index (χ1n) is 8.42. The highest BCUT2D eigenvalue weighted by Crippen LogP contribution is 2.34. The molecule has 2 aliphatic heterocycles. The summed E-state index contributed by atoms with van der Waals surface area (Å²) in [5, 5.41) is 8.67. The minimum Gasteiger partial charge on any atom is -0.480 e. The zero-order chi connectivity index (χ0) is 19.7. The molecule has 9 heteroatoms. The number of carboxylic acids is 1. The van der Waals surface area contributed by atoms with Gasteiger partial charge in [0.1, 0.15) is 11.1 Å². The van der Waals surface area contributed by atoms with Gasteiger partial charge in [0.15, 0.2) is 16.7 Å². The number of carboxylic acid groups (broad SMARTS) is 1. The molecule has 1 saturated heterocycles. The van der Waals surface area contributed by atoms with Crippen molar-refractivity contribution in [1.29, 1.82) is 0 Å². The van der Waals surface area contributed by atoms with Crippen molar-refractivity contribution in [3.8, 4) is 11.5 Å². The summed E-state index contributed by atoms with van der Waals surface area (Å²) in [4.78, 5) is 29.9. The van der Waals surface area contributed by atoms with Crippen molar-refractivity contribution in [2.45, 2.75) is 18.2 Å². The van der Waals surface area contributed by atoms with Crippen LogP contribution in [0.2, 0.25) is 0 Å². The average molecular weight is 402 g/mol. The Balaban J connectivity index is 1.64. The van der Waals surface area contributed by atoms with Gasteiger partial charge in [-0.05, 0) is 42.0 Å². The summed E-state index contributed by atoms with van der Waals surface area (Å²) < 4.78 is 23.8. The monoisotopic (exact) mass is 402 g/mol. The summed E-state index contributed by atoms with van der Waals surface area (Å²) in [6.45, 7) is 0.351. The fourth-order valence-corrected chi connectivity index (χ4v) is 3.87. The van der Waals surface area contributed by atoms with E-state index in [9.17, 15) is 19.1 Å².